The van der Waals surface area contributed by atoms with Gasteiger partial charge in [0.2, 0.25) is 16.4 Å². The van der Waals surface area contributed by atoms with Gasteiger partial charge in [-0.15, -0.1) is 0 Å². The number of alkyl halides is 2. The second-order valence-corrected chi connectivity index (χ2v) is 10.9. The monoisotopic (exact) mass is 485 g/mol. The Morgan fingerprint density at radius 2 is 1.91 bits per heavy atom. The van der Waals surface area contributed by atoms with Gasteiger partial charge in [-0.05, 0) is 56.6 Å². The zero-order chi connectivity index (χ0) is 24.0. The number of nitriles is 1. The predicted octanol–water partition coefficient (Wildman–Crippen LogP) is 4.58. The van der Waals surface area contributed by atoms with E-state index in [-0.39, 0.29) is 29.2 Å². The summed E-state index contributed by atoms with van der Waals surface area (Å²) in [7, 11) is -3.76. The minimum Gasteiger partial charge on any atom is -0.334 e. The molecule has 7 nitrogen and oxygen atoms in total. The molecule has 0 aliphatic heterocycles. The maximum atomic E-state index is 13.0. The van der Waals surface area contributed by atoms with E-state index in [1.165, 1.54) is 12.4 Å². The first kappa shape index (κ1) is 22.9. The van der Waals surface area contributed by atoms with Gasteiger partial charge >= 0.3 is 0 Å². The van der Waals surface area contributed by atoms with E-state index in [0.29, 0.717) is 33.6 Å². The minimum atomic E-state index is -3.76. The fourth-order valence-corrected chi connectivity index (χ4v) is 5.80. The molecule has 0 unspecified atom stereocenters. The zero-order valence-corrected chi connectivity index (χ0v) is 19.5. The van der Waals surface area contributed by atoms with Gasteiger partial charge < -0.3 is 4.57 Å². The lowest BCUT2D eigenvalue weighted by molar-refractivity contribution is 0.149. The van der Waals surface area contributed by atoms with E-state index in [9.17, 15) is 22.5 Å². The van der Waals surface area contributed by atoms with Gasteiger partial charge in [0.15, 0.2) is 5.82 Å². The van der Waals surface area contributed by atoms with Crippen molar-refractivity contribution >= 4 is 20.9 Å². The lowest BCUT2D eigenvalue weighted by Gasteiger charge is -2.29. The molecule has 2 aromatic heterocycles. The normalized spacial score (nSPS) is 17.6. The molecular formula is C24H25F2N5O2S. The second-order valence-electron chi connectivity index (χ2n) is 9.23. The van der Waals surface area contributed by atoms with Crippen LogP contribution in [0.2, 0.25) is 0 Å². The molecule has 0 bridgehead atoms. The highest BCUT2D eigenvalue weighted by atomic mass is 32.2. The largest absolute Gasteiger partial charge is 0.334 e. The summed E-state index contributed by atoms with van der Waals surface area (Å²) >= 11 is 0. The minimum absolute atomic E-state index is 0.0345. The molecule has 0 amide bonds. The highest BCUT2D eigenvalue weighted by Crippen LogP contribution is 2.42. The van der Waals surface area contributed by atoms with Crippen molar-refractivity contribution in [3.8, 4) is 17.6 Å². The molecule has 3 aromatic rings. The van der Waals surface area contributed by atoms with Gasteiger partial charge in [0.1, 0.15) is 16.7 Å². The summed E-state index contributed by atoms with van der Waals surface area (Å²) in [5.74, 6) is 0.602. The van der Waals surface area contributed by atoms with Crippen LogP contribution in [-0.2, 0) is 16.4 Å². The Labute approximate surface area is 196 Å². The molecule has 1 atom stereocenters. The number of hydrogen-bond acceptors (Lipinski definition) is 5. The number of fused-ring (bicyclic) bond motifs is 1. The Hall–Kier alpha value is -2.90. The summed E-state index contributed by atoms with van der Waals surface area (Å²) in [4.78, 5) is 8.64. The van der Waals surface area contributed by atoms with Gasteiger partial charge in [-0.3, -0.25) is 0 Å². The van der Waals surface area contributed by atoms with E-state index < -0.39 is 16.4 Å². The molecule has 178 valence electrons. The van der Waals surface area contributed by atoms with Gasteiger partial charge in [0.25, 0.3) is 0 Å². The van der Waals surface area contributed by atoms with Crippen molar-refractivity contribution in [2.75, 3.05) is 0 Å². The third-order valence-corrected chi connectivity index (χ3v) is 8.34. The highest BCUT2D eigenvalue weighted by Gasteiger charge is 2.32. The van der Waals surface area contributed by atoms with Crippen molar-refractivity contribution in [3.05, 3.63) is 41.7 Å². The maximum Gasteiger partial charge on any atom is 0.243 e. The number of halogens is 2. The van der Waals surface area contributed by atoms with Crippen molar-refractivity contribution in [2.24, 2.45) is 5.92 Å². The topological polar surface area (TPSA) is 101 Å². The van der Waals surface area contributed by atoms with Gasteiger partial charge in [-0.25, -0.2) is 31.9 Å². The van der Waals surface area contributed by atoms with E-state index in [1.54, 1.807) is 18.2 Å². The summed E-state index contributed by atoms with van der Waals surface area (Å²) in [6.45, 7) is 1.85. The van der Waals surface area contributed by atoms with Gasteiger partial charge in [0.05, 0.1) is 23.5 Å². The van der Waals surface area contributed by atoms with E-state index >= 15 is 0 Å². The lowest BCUT2D eigenvalue weighted by atomic mass is 9.92. The van der Waals surface area contributed by atoms with E-state index in [4.69, 9.17) is 0 Å². The summed E-state index contributed by atoms with van der Waals surface area (Å²) in [6, 6.07) is 7.22. The van der Waals surface area contributed by atoms with Crippen LogP contribution in [0.15, 0.2) is 35.5 Å². The third-order valence-electron chi connectivity index (χ3n) is 6.83. The highest BCUT2D eigenvalue weighted by molar-refractivity contribution is 7.89. The quantitative estimate of drug-likeness (QED) is 0.503. The standard InChI is InChI=1S/C24H25F2N5O2S/c1-14(16-6-7-16)30-34(32,33)18-12-28-24(29-13-18)23-20(11-27)19-8-5-15(10-22(25)26)9-21(19)31(23)17-3-2-4-17/h5,8-9,12-14,16-17,22,30H,2-4,6-7,10H2,1H3/t14-/m0/s1. The predicted molar refractivity (Wildman–Crippen MR) is 123 cm³/mol. The van der Waals surface area contributed by atoms with Crippen LogP contribution in [0.5, 0.6) is 0 Å². The molecular weight excluding hydrogens is 460 g/mol. The third kappa shape index (κ3) is 4.18. The Morgan fingerprint density at radius 1 is 1.21 bits per heavy atom. The van der Waals surface area contributed by atoms with Crippen molar-refractivity contribution < 1.29 is 17.2 Å². The fraction of sp³-hybridized carbons (Fsp3) is 0.458. The van der Waals surface area contributed by atoms with Crippen molar-refractivity contribution in [2.45, 2.75) is 68.9 Å². The van der Waals surface area contributed by atoms with Crippen molar-refractivity contribution in [1.29, 1.82) is 5.26 Å². The number of benzene rings is 1. The summed E-state index contributed by atoms with van der Waals surface area (Å²) < 4.78 is 56.1. The molecule has 0 saturated heterocycles. The number of nitrogens with one attached hydrogen (secondary N) is 1. The van der Waals surface area contributed by atoms with Crippen molar-refractivity contribution in [1.82, 2.24) is 19.3 Å². The average Bonchev–Trinajstić information content (AvgIpc) is 3.56. The molecule has 2 aliphatic rings. The Balaban J connectivity index is 1.58. The molecule has 34 heavy (non-hydrogen) atoms. The smallest absolute Gasteiger partial charge is 0.243 e. The molecule has 2 fully saturated rings. The summed E-state index contributed by atoms with van der Waals surface area (Å²) in [5, 5.41) is 10.6. The molecule has 2 saturated carbocycles. The first-order valence-electron chi connectivity index (χ1n) is 11.5. The molecule has 1 aromatic carbocycles. The van der Waals surface area contributed by atoms with Crippen LogP contribution >= 0.6 is 0 Å². The molecule has 2 aliphatic carbocycles. The first-order chi connectivity index (χ1) is 16.3. The van der Waals surface area contributed by atoms with E-state index in [2.05, 4.69) is 20.8 Å². The molecule has 10 heteroatoms. The van der Waals surface area contributed by atoms with E-state index in [1.807, 2.05) is 11.5 Å². The molecule has 0 spiro atoms. The van der Waals surface area contributed by atoms with E-state index in [0.717, 1.165) is 32.1 Å². The van der Waals surface area contributed by atoms with Gasteiger partial charge in [-0.1, -0.05) is 12.1 Å². The molecule has 5 rings (SSSR count). The summed E-state index contributed by atoms with van der Waals surface area (Å²) in [6.07, 6.45) is 4.55. The van der Waals surface area contributed by atoms with Crippen LogP contribution in [-0.4, -0.2) is 35.4 Å². The van der Waals surface area contributed by atoms with Crippen LogP contribution in [0, 0.1) is 17.2 Å². The number of sulfonamides is 1. The number of aromatic nitrogens is 3. The SMILES string of the molecule is C[C@H](NS(=O)(=O)c1cnc(-c2c(C#N)c3ccc(CC(F)F)cc3n2C2CCC2)nc1)C1CC1. The number of rotatable bonds is 8. The molecule has 2 heterocycles. The first-order valence-corrected chi connectivity index (χ1v) is 13.0. The molecule has 1 N–H and O–H groups in total. The average molecular weight is 486 g/mol. The number of nitrogens with zero attached hydrogens (tertiary/aromatic N) is 4. The van der Waals surface area contributed by atoms with Crippen LogP contribution < -0.4 is 4.72 Å². The van der Waals surface area contributed by atoms with Crippen LogP contribution in [0.3, 0.4) is 0 Å². The summed E-state index contributed by atoms with van der Waals surface area (Å²) in [5.41, 5.74) is 2.06. The lowest BCUT2D eigenvalue weighted by Crippen LogP contribution is -2.34. The maximum absolute atomic E-state index is 13.0. The van der Waals surface area contributed by atoms with Crippen LogP contribution in [0.25, 0.3) is 22.4 Å². The van der Waals surface area contributed by atoms with Crippen LogP contribution in [0.4, 0.5) is 8.78 Å². The van der Waals surface area contributed by atoms with Gasteiger partial charge in [-0.2, -0.15) is 5.26 Å². The Bertz CT molecular complexity index is 1370. The Kier molecular flexibility index (Phi) is 5.86. The van der Waals surface area contributed by atoms with Crippen LogP contribution in [0.1, 0.15) is 56.2 Å². The van der Waals surface area contributed by atoms with Crippen molar-refractivity contribution in [3.63, 3.8) is 0 Å². The second kappa shape index (κ2) is 8.71. The number of hydrogen-bond donors (Lipinski definition) is 1. The fourth-order valence-electron chi connectivity index (χ4n) is 4.60. The zero-order valence-electron chi connectivity index (χ0n) is 18.7. The van der Waals surface area contributed by atoms with Gasteiger partial charge in [0, 0.05) is 23.9 Å². The Morgan fingerprint density at radius 3 is 2.47 bits per heavy atom. The molecule has 0 radical (unpaired) electrons.